The Bertz CT molecular complexity index is 606. The molecule has 1 N–H and O–H groups in total. The van der Waals surface area contributed by atoms with Crippen molar-refractivity contribution in [2.24, 2.45) is 23.2 Å². The highest BCUT2D eigenvalue weighted by atomic mass is 16.3. The van der Waals surface area contributed by atoms with Crippen LogP contribution in [-0.2, 0) is 11.2 Å². The van der Waals surface area contributed by atoms with Gasteiger partial charge in [-0.1, -0.05) is 19.9 Å². The number of phenolic OH excluding ortho intramolecular Hbond substituents is 1. The van der Waals surface area contributed by atoms with Crippen molar-refractivity contribution in [3.05, 3.63) is 29.3 Å². The predicted molar refractivity (Wildman–Crippen MR) is 82.3 cm³/mol. The van der Waals surface area contributed by atoms with E-state index in [2.05, 4.69) is 19.9 Å². The highest BCUT2D eigenvalue weighted by Gasteiger charge is 2.56. The molecule has 5 atom stereocenters. The van der Waals surface area contributed by atoms with E-state index in [9.17, 15) is 9.90 Å². The highest BCUT2D eigenvalue weighted by molar-refractivity contribution is 5.87. The number of carbonyl (C=O) groups excluding carboxylic acids is 1. The smallest absolute Gasteiger partial charge is 0.139 e. The molecule has 2 heteroatoms. The molecule has 0 spiro atoms. The fourth-order valence-corrected chi connectivity index (χ4v) is 5.89. The zero-order valence-corrected chi connectivity index (χ0v) is 12.9. The van der Waals surface area contributed by atoms with Crippen molar-refractivity contribution in [2.75, 3.05) is 0 Å². The number of hydrogen-bond donors (Lipinski definition) is 1. The van der Waals surface area contributed by atoms with E-state index in [-0.39, 0.29) is 5.41 Å². The maximum atomic E-state index is 12.4. The number of carbonyl (C=O) groups is 1. The molecule has 0 radical (unpaired) electrons. The minimum atomic E-state index is -0.0605. The molecule has 5 unspecified atom stereocenters. The Morgan fingerprint density at radius 1 is 1.24 bits per heavy atom. The molecule has 0 heterocycles. The van der Waals surface area contributed by atoms with Gasteiger partial charge in [-0.2, -0.15) is 0 Å². The Morgan fingerprint density at radius 3 is 2.86 bits per heavy atom. The minimum absolute atomic E-state index is 0.0605. The lowest BCUT2D eigenvalue weighted by Gasteiger charge is -2.51. The number of phenols is 1. The summed E-state index contributed by atoms with van der Waals surface area (Å²) in [5.74, 6) is 3.27. The minimum Gasteiger partial charge on any atom is -0.508 e. The first-order valence-electron chi connectivity index (χ1n) is 8.36. The fourth-order valence-electron chi connectivity index (χ4n) is 5.89. The van der Waals surface area contributed by atoms with Gasteiger partial charge in [-0.3, -0.25) is 4.79 Å². The van der Waals surface area contributed by atoms with Crippen molar-refractivity contribution in [2.45, 2.75) is 51.9 Å². The summed E-state index contributed by atoms with van der Waals surface area (Å²) in [6, 6.07) is 5.92. The van der Waals surface area contributed by atoms with Gasteiger partial charge < -0.3 is 5.11 Å². The summed E-state index contributed by atoms with van der Waals surface area (Å²) in [6.07, 6.45) is 5.16. The number of Topliss-reactive ketones (excluding diaryl/α,β-unsaturated/α-hetero) is 1. The summed E-state index contributed by atoms with van der Waals surface area (Å²) in [5.41, 5.74) is 2.71. The monoisotopic (exact) mass is 284 g/mol. The summed E-state index contributed by atoms with van der Waals surface area (Å²) in [5, 5.41) is 9.73. The zero-order chi connectivity index (χ0) is 14.8. The van der Waals surface area contributed by atoms with Gasteiger partial charge in [0.05, 0.1) is 0 Å². The molecule has 0 bridgehead atoms. The molecule has 3 aliphatic carbocycles. The van der Waals surface area contributed by atoms with Crippen LogP contribution in [0.5, 0.6) is 5.75 Å². The third-order valence-corrected chi connectivity index (χ3v) is 6.71. The van der Waals surface area contributed by atoms with Crippen LogP contribution in [0.2, 0.25) is 0 Å². The van der Waals surface area contributed by atoms with Crippen LogP contribution in [0.25, 0.3) is 0 Å². The van der Waals surface area contributed by atoms with Crippen molar-refractivity contribution in [1.82, 2.24) is 0 Å². The molecule has 112 valence electrons. The molecule has 1 aromatic rings. The second-order valence-corrected chi connectivity index (χ2v) is 7.78. The number of fused-ring (bicyclic) bond motifs is 5. The van der Waals surface area contributed by atoms with E-state index >= 15 is 0 Å². The van der Waals surface area contributed by atoms with Gasteiger partial charge in [0.1, 0.15) is 11.5 Å². The van der Waals surface area contributed by atoms with E-state index in [4.69, 9.17) is 0 Å². The second-order valence-electron chi connectivity index (χ2n) is 7.78. The van der Waals surface area contributed by atoms with Gasteiger partial charge in [-0.05, 0) is 72.6 Å². The predicted octanol–water partition coefficient (Wildman–Crippen LogP) is 4.06. The van der Waals surface area contributed by atoms with Crippen LogP contribution in [-0.4, -0.2) is 10.9 Å². The van der Waals surface area contributed by atoms with E-state index in [1.807, 2.05) is 12.1 Å². The van der Waals surface area contributed by atoms with Crippen LogP contribution in [0, 0.1) is 23.2 Å². The molecule has 0 aliphatic heterocycles. The number of aryl methyl sites for hydroxylation is 1. The van der Waals surface area contributed by atoms with Crippen LogP contribution < -0.4 is 0 Å². The second kappa shape index (κ2) is 4.34. The summed E-state index contributed by atoms with van der Waals surface area (Å²) >= 11 is 0. The van der Waals surface area contributed by atoms with E-state index in [0.29, 0.717) is 35.2 Å². The molecule has 21 heavy (non-hydrogen) atoms. The summed E-state index contributed by atoms with van der Waals surface area (Å²) in [7, 11) is 0. The molecule has 0 saturated heterocycles. The van der Waals surface area contributed by atoms with Gasteiger partial charge in [0.15, 0.2) is 0 Å². The molecule has 0 aromatic heterocycles. The largest absolute Gasteiger partial charge is 0.508 e. The zero-order valence-electron chi connectivity index (χ0n) is 12.9. The van der Waals surface area contributed by atoms with Crippen LogP contribution in [0.15, 0.2) is 18.2 Å². The molecule has 2 nitrogen and oxygen atoms in total. The van der Waals surface area contributed by atoms with Crippen molar-refractivity contribution >= 4 is 5.78 Å². The first-order chi connectivity index (χ1) is 10.0. The third-order valence-electron chi connectivity index (χ3n) is 6.71. The van der Waals surface area contributed by atoms with Gasteiger partial charge in [0, 0.05) is 11.8 Å². The van der Waals surface area contributed by atoms with Gasteiger partial charge in [0.2, 0.25) is 0 Å². The first kappa shape index (κ1) is 13.4. The number of aromatic hydroxyl groups is 1. The Hall–Kier alpha value is -1.31. The van der Waals surface area contributed by atoms with Crippen LogP contribution in [0.4, 0.5) is 0 Å². The fraction of sp³-hybridized carbons (Fsp3) is 0.632. The summed E-state index contributed by atoms with van der Waals surface area (Å²) in [4.78, 5) is 12.4. The standard InChI is InChI=1S/C19H24O2/c1-11-10-19(2)16(7-8-17(19)21)15-5-3-12-9-13(20)4-6-14(12)18(11)15/h4,6,9,11,15-16,18,20H,3,5,7-8,10H2,1-2H3. The molecular weight excluding hydrogens is 260 g/mol. The van der Waals surface area contributed by atoms with E-state index < -0.39 is 0 Å². The molecule has 0 amide bonds. The van der Waals surface area contributed by atoms with Crippen molar-refractivity contribution in [1.29, 1.82) is 0 Å². The van der Waals surface area contributed by atoms with Gasteiger partial charge in [0.25, 0.3) is 0 Å². The van der Waals surface area contributed by atoms with Crippen molar-refractivity contribution in [3.8, 4) is 5.75 Å². The SMILES string of the molecule is CC1CC2(C)C(=O)CCC2C2CCc3cc(O)ccc3C12. The number of hydrogen-bond acceptors (Lipinski definition) is 2. The van der Waals surface area contributed by atoms with Gasteiger partial charge in [-0.25, -0.2) is 0 Å². The van der Waals surface area contributed by atoms with E-state index in [0.717, 1.165) is 25.7 Å². The lowest BCUT2D eigenvalue weighted by atomic mass is 9.52. The lowest BCUT2D eigenvalue weighted by Crippen LogP contribution is -2.46. The number of rotatable bonds is 0. The van der Waals surface area contributed by atoms with Gasteiger partial charge in [-0.15, -0.1) is 0 Å². The first-order valence-corrected chi connectivity index (χ1v) is 8.36. The molecule has 3 aliphatic rings. The Morgan fingerprint density at radius 2 is 2.05 bits per heavy atom. The molecular formula is C19H24O2. The lowest BCUT2D eigenvalue weighted by molar-refractivity contribution is -0.130. The molecule has 4 rings (SSSR count). The Labute approximate surface area is 126 Å². The average molecular weight is 284 g/mol. The van der Waals surface area contributed by atoms with E-state index in [1.165, 1.54) is 17.5 Å². The highest BCUT2D eigenvalue weighted by Crippen LogP contribution is 2.61. The van der Waals surface area contributed by atoms with Crippen LogP contribution in [0.1, 0.15) is 56.6 Å². The van der Waals surface area contributed by atoms with Crippen LogP contribution in [0.3, 0.4) is 0 Å². The van der Waals surface area contributed by atoms with E-state index in [1.54, 1.807) is 0 Å². The van der Waals surface area contributed by atoms with Crippen molar-refractivity contribution < 1.29 is 9.90 Å². The average Bonchev–Trinajstić information content (AvgIpc) is 2.74. The summed E-state index contributed by atoms with van der Waals surface area (Å²) in [6.45, 7) is 4.55. The summed E-state index contributed by atoms with van der Waals surface area (Å²) < 4.78 is 0. The Balaban J connectivity index is 1.78. The maximum Gasteiger partial charge on any atom is 0.139 e. The maximum absolute atomic E-state index is 12.4. The number of ketones is 1. The third kappa shape index (κ3) is 1.74. The normalized spacial score (nSPS) is 41.3. The molecule has 2 saturated carbocycles. The topological polar surface area (TPSA) is 37.3 Å². The van der Waals surface area contributed by atoms with Crippen LogP contribution >= 0.6 is 0 Å². The quantitative estimate of drug-likeness (QED) is 0.780. The number of benzene rings is 1. The van der Waals surface area contributed by atoms with Crippen molar-refractivity contribution in [3.63, 3.8) is 0 Å². The molecule has 1 aromatic carbocycles. The van der Waals surface area contributed by atoms with Gasteiger partial charge >= 0.3 is 0 Å². The molecule has 2 fully saturated rings. The Kier molecular flexibility index (Phi) is 2.76.